The Labute approximate surface area is 191 Å². The Bertz CT molecular complexity index is 1200. The minimum Gasteiger partial charge on any atom is -0.492 e. The van der Waals surface area contributed by atoms with E-state index in [4.69, 9.17) is 9.47 Å². The quantitative estimate of drug-likeness (QED) is 0.584. The summed E-state index contributed by atoms with van der Waals surface area (Å²) in [5.41, 5.74) is 3.13. The van der Waals surface area contributed by atoms with Gasteiger partial charge in [-0.2, -0.15) is 5.26 Å². The number of fused-ring (bicyclic) bond motifs is 1. The molecule has 0 amide bonds. The van der Waals surface area contributed by atoms with E-state index in [0.29, 0.717) is 31.1 Å². The van der Waals surface area contributed by atoms with Crippen molar-refractivity contribution < 1.29 is 9.47 Å². The molecule has 1 aliphatic heterocycles. The predicted molar refractivity (Wildman–Crippen MR) is 127 cm³/mol. The number of methoxy groups -OCH3 is 1. The summed E-state index contributed by atoms with van der Waals surface area (Å²) in [7, 11) is 1.69. The van der Waals surface area contributed by atoms with Crippen molar-refractivity contribution >= 4 is 33.9 Å². The van der Waals surface area contributed by atoms with Crippen LogP contribution in [0.4, 0.5) is 0 Å². The van der Waals surface area contributed by atoms with Crippen LogP contribution in [0, 0.1) is 11.3 Å². The van der Waals surface area contributed by atoms with Crippen molar-refractivity contribution in [3.8, 4) is 11.8 Å². The Hall–Kier alpha value is -3.41. The van der Waals surface area contributed by atoms with E-state index in [2.05, 4.69) is 32.4 Å². The molecule has 0 saturated carbocycles. The lowest BCUT2D eigenvalue weighted by Crippen LogP contribution is -2.30. The molecule has 0 aliphatic carbocycles. The molecule has 4 rings (SSSR count). The topological polar surface area (TPSA) is 92.4 Å². The number of nitrogens with one attached hydrogen (secondary N) is 1. The monoisotopic (exact) mass is 445 g/mol. The van der Waals surface area contributed by atoms with Gasteiger partial charge in [-0.15, -0.1) is 0 Å². The van der Waals surface area contributed by atoms with Gasteiger partial charge in [0.15, 0.2) is 5.17 Å². The molecule has 1 aliphatic rings. The fourth-order valence-corrected chi connectivity index (χ4v) is 4.41. The Kier molecular flexibility index (Phi) is 7.00. The smallest absolute Gasteiger partial charge is 0.162 e. The molecule has 0 bridgehead atoms. The SMILES string of the molecule is CCOc1c(C#N)cnc2ccc(/C=C3\SC(=NCc4ccccn4)NC3COC)cc12. The molecule has 7 nitrogen and oxygen atoms in total. The Morgan fingerprint density at radius 3 is 2.94 bits per heavy atom. The molecule has 0 radical (unpaired) electrons. The molecular formula is C24H23N5O2S. The maximum atomic E-state index is 9.43. The van der Waals surface area contributed by atoms with Crippen LogP contribution in [0.15, 0.2) is 58.7 Å². The fraction of sp³-hybridized carbons (Fsp3) is 0.250. The minimum atomic E-state index is 0.0121. The molecule has 1 unspecified atom stereocenters. The number of amidine groups is 1. The molecule has 3 aromatic rings. The molecule has 3 heterocycles. The van der Waals surface area contributed by atoms with Gasteiger partial charge in [0.2, 0.25) is 0 Å². The Balaban J connectivity index is 1.64. The summed E-state index contributed by atoms with van der Waals surface area (Å²) >= 11 is 1.59. The number of ether oxygens (including phenoxy) is 2. The van der Waals surface area contributed by atoms with Crippen LogP contribution in [0.1, 0.15) is 23.7 Å². The number of aliphatic imine (C=N–C) groups is 1. The van der Waals surface area contributed by atoms with Crippen LogP contribution in [0.3, 0.4) is 0 Å². The summed E-state index contributed by atoms with van der Waals surface area (Å²) in [5, 5.41) is 14.5. The third-order valence-corrected chi connectivity index (χ3v) is 5.94. The van der Waals surface area contributed by atoms with E-state index < -0.39 is 0 Å². The number of hydrogen-bond donors (Lipinski definition) is 1. The van der Waals surface area contributed by atoms with Crippen LogP contribution in [0.2, 0.25) is 0 Å². The van der Waals surface area contributed by atoms with Crippen molar-refractivity contribution in [2.45, 2.75) is 19.5 Å². The Morgan fingerprint density at radius 2 is 2.19 bits per heavy atom. The number of nitrogens with zero attached hydrogens (tertiary/aromatic N) is 4. The number of pyridine rings is 2. The lowest BCUT2D eigenvalue weighted by Gasteiger charge is -2.11. The van der Waals surface area contributed by atoms with Gasteiger partial charge in [0.1, 0.15) is 17.4 Å². The maximum Gasteiger partial charge on any atom is 0.162 e. The van der Waals surface area contributed by atoms with Gasteiger partial charge in [0.25, 0.3) is 0 Å². The van der Waals surface area contributed by atoms with Crippen molar-refractivity contribution in [2.24, 2.45) is 4.99 Å². The first kappa shape index (κ1) is 21.8. The molecule has 162 valence electrons. The van der Waals surface area contributed by atoms with Gasteiger partial charge >= 0.3 is 0 Å². The zero-order chi connectivity index (χ0) is 22.3. The highest BCUT2D eigenvalue weighted by Gasteiger charge is 2.26. The zero-order valence-electron chi connectivity index (χ0n) is 17.9. The summed E-state index contributed by atoms with van der Waals surface area (Å²) in [6.07, 6.45) is 5.44. The molecular weight excluding hydrogens is 422 g/mol. The molecule has 0 spiro atoms. The molecule has 1 saturated heterocycles. The van der Waals surface area contributed by atoms with Crippen molar-refractivity contribution in [1.82, 2.24) is 15.3 Å². The molecule has 2 aromatic heterocycles. The zero-order valence-corrected chi connectivity index (χ0v) is 18.7. The number of thioether (sulfide) groups is 1. The van der Waals surface area contributed by atoms with Crippen LogP contribution in [0.25, 0.3) is 17.0 Å². The van der Waals surface area contributed by atoms with Crippen LogP contribution >= 0.6 is 11.8 Å². The standard InChI is InChI=1S/C24H23N5O2S/c1-3-31-23-17(12-25)13-27-20-8-7-16(10-19(20)23)11-22-21(15-30-2)29-24(32-22)28-14-18-6-4-5-9-26-18/h4-11,13,21H,3,14-15H2,1-2H3,(H,28,29)/b22-11-. The number of aromatic nitrogens is 2. The summed E-state index contributed by atoms with van der Waals surface area (Å²) in [4.78, 5) is 14.5. The largest absolute Gasteiger partial charge is 0.492 e. The summed E-state index contributed by atoms with van der Waals surface area (Å²) in [6.45, 7) is 3.42. The van der Waals surface area contributed by atoms with Crippen molar-refractivity contribution in [1.29, 1.82) is 5.26 Å². The number of rotatable bonds is 7. The first-order valence-corrected chi connectivity index (χ1v) is 11.1. The third-order valence-electron chi connectivity index (χ3n) is 4.86. The van der Waals surface area contributed by atoms with Crippen molar-refractivity contribution in [3.63, 3.8) is 0 Å². The minimum absolute atomic E-state index is 0.0121. The van der Waals surface area contributed by atoms with Gasteiger partial charge < -0.3 is 14.8 Å². The summed E-state index contributed by atoms with van der Waals surface area (Å²) < 4.78 is 11.2. The highest BCUT2D eigenvalue weighted by atomic mass is 32.2. The lowest BCUT2D eigenvalue weighted by atomic mass is 10.1. The summed E-state index contributed by atoms with van der Waals surface area (Å²) in [6, 6.07) is 14.0. The summed E-state index contributed by atoms with van der Waals surface area (Å²) in [5.74, 6) is 0.573. The normalized spacial score (nSPS) is 18.1. The number of benzene rings is 1. The number of hydrogen-bond acceptors (Lipinski definition) is 7. The highest BCUT2D eigenvalue weighted by molar-refractivity contribution is 8.17. The van der Waals surface area contributed by atoms with Gasteiger partial charge in [0, 0.05) is 29.8 Å². The van der Waals surface area contributed by atoms with Crippen LogP contribution in [0.5, 0.6) is 5.75 Å². The first-order valence-electron chi connectivity index (χ1n) is 10.3. The average Bonchev–Trinajstić information content (AvgIpc) is 3.20. The van der Waals surface area contributed by atoms with Crippen molar-refractivity contribution in [3.05, 3.63) is 70.5 Å². The van der Waals surface area contributed by atoms with Gasteiger partial charge in [-0.05, 0) is 42.8 Å². The van der Waals surface area contributed by atoms with Gasteiger partial charge in [-0.1, -0.05) is 23.9 Å². The van der Waals surface area contributed by atoms with E-state index in [0.717, 1.165) is 32.2 Å². The van der Waals surface area contributed by atoms with Crippen LogP contribution in [-0.4, -0.2) is 41.5 Å². The molecule has 32 heavy (non-hydrogen) atoms. The average molecular weight is 446 g/mol. The van der Waals surface area contributed by atoms with E-state index in [1.165, 1.54) is 0 Å². The molecule has 1 atom stereocenters. The van der Waals surface area contributed by atoms with Gasteiger partial charge in [-0.25, -0.2) is 0 Å². The fourth-order valence-electron chi connectivity index (χ4n) is 3.39. The van der Waals surface area contributed by atoms with E-state index in [9.17, 15) is 5.26 Å². The van der Waals surface area contributed by atoms with E-state index in [1.807, 2.05) is 43.3 Å². The van der Waals surface area contributed by atoms with Crippen LogP contribution in [-0.2, 0) is 11.3 Å². The molecule has 1 fully saturated rings. The second kappa shape index (κ2) is 10.3. The maximum absolute atomic E-state index is 9.43. The Morgan fingerprint density at radius 1 is 1.28 bits per heavy atom. The van der Waals surface area contributed by atoms with Gasteiger partial charge in [0.05, 0.1) is 37.0 Å². The predicted octanol–water partition coefficient (Wildman–Crippen LogP) is 4.15. The first-order chi connectivity index (χ1) is 15.7. The van der Waals surface area contributed by atoms with Crippen molar-refractivity contribution in [2.75, 3.05) is 20.3 Å². The molecule has 1 N–H and O–H groups in total. The lowest BCUT2D eigenvalue weighted by molar-refractivity contribution is 0.187. The van der Waals surface area contributed by atoms with E-state index in [-0.39, 0.29) is 6.04 Å². The van der Waals surface area contributed by atoms with Crippen LogP contribution < -0.4 is 10.1 Å². The molecule has 1 aromatic carbocycles. The van der Waals surface area contributed by atoms with E-state index >= 15 is 0 Å². The highest BCUT2D eigenvalue weighted by Crippen LogP contribution is 2.33. The third kappa shape index (κ3) is 4.90. The number of nitriles is 1. The second-order valence-corrected chi connectivity index (χ2v) is 8.13. The second-order valence-electron chi connectivity index (χ2n) is 7.07. The molecule has 8 heteroatoms. The van der Waals surface area contributed by atoms with E-state index in [1.54, 1.807) is 31.3 Å². The van der Waals surface area contributed by atoms with Gasteiger partial charge in [-0.3, -0.25) is 15.0 Å².